The van der Waals surface area contributed by atoms with Crippen molar-refractivity contribution in [3.8, 4) is 0 Å². The number of aryl methyl sites for hydroxylation is 3. The highest BCUT2D eigenvalue weighted by molar-refractivity contribution is 5.85. The molecule has 0 saturated carbocycles. The summed E-state index contributed by atoms with van der Waals surface area (Å²) in [4.78, 5) is 26.1. The third-order valence-corrected chi connectivity index (χ3v) is 6.35. The zero-order valence-electron chi connectivity index (χ0n) is 30.2. The summed E-state index contributed by atoms with van der Waals surface area (Å²) in [6.07, 6.45) is 0. The molecule has 0 aliphatic heterocycles. The van der Waals surface area contributed by atoms with Gasteiger partial charge in [0.2, 0.25) is 0 Å². The zero-order chi connectivity index (χ0) is 36.1. The van der Waals surface area contributed by atoms with Crippen LogP contribution in [0.2, 0.25) is 0 Å². The number of nitrogens with two attached hydrogens (primary N) is 2. The van der Waals surface area contributed by atoms with Crippen molar-refractivity contribution in [2.75, 3.05) is 97.9 Å². The van der Waals surface area contributed by atoms with Gasteiger partial charge in [0, 0.05) is 80.6 Å². The first-order chi connectivity index (χ1) is 22.0. The van der Waals surface area contributed by atoms with Crippen LogP contribution in [-0.2, 0) is 0 Å². The number of nitrogens with one attached hydrogen (secondary N) is 2. The van der Waals surface area contributed by atoms with Gasteiger partial charge in [-0.25, -0.2) is 4.39 Å². The highest BCUT2D eigenvalue weighted by Gasteiger charge is 2.08. The second-order valence-electron chi connectivity index (χ2n) is 11.6. The predicted octanol–water partition coefficient (Wildman–Crippen LogP) is 5.82. The van der Waals surface area contributed by atoms with E-state index in [1.165, 1.54) is 30.3 Å². The Morgan fingerprint density at radius 2 is 1.04 bits per heavy atom. The Balaban J connectivity index is -0.000000594. The van der Waals surface area contributed by atoms with Crippen LogP contribution in [0, 0.1) is 46.8 Å². The van der Waals surface area contributed by atoms with Crippen LogP contribution < -0.4 is 22.1 Å². The Morgan fingerprint density at radius 1 is 0.653 bits per heavy atom. The van der Waals surface area contributed by atoms with Crippen molar-refractivity contribution in [3.05, 3.63) is 97.3 Å². The molecule has 0 atom stereocenters. The predicted molar refractivity (Wildman–Crippen MR) is 207 cm³/mol. The molecule has 6 N–H and O–H groups in total. The summed E-state index contributed by atoms with van der Waals surface area (Å²) in [5.41, 5.74) is 16.2. The van der Waals surface area contributed by atoms with Crippen LogP contribution in [0.3, 0.4) is 0 Å². The third kappa shape index (κ3) is 23.2. The van der Waals surface area contributed by atoms with E-state index in [0.29, 0.717) is 5.56 Å². The lowest BCUT2D eigenvalue weighted by molar-refractivity contribution is -0.385. The van der Waals surface area contributed by atoms with E-state index in [1.807, 2.05) is 53.3 Å². The van der Waals surface area contributed by atoms with Crippen LogP contribution >= 0.6 is 24.8 Å². The molecule has 0 radical (unpaired) electrons. The van der Waals surface area contributed by atoms with E-state index in [1.54, 1.807) is 12.1 Å². The first-order valence-electron chi connectivity index (χ1n) is 15.1. The average Bonchev–Trinajstić information content (AvgIpc) is 2.97. The van der Waals surface area contributed by atoms with Crippen LogP contribution in [0.1, 0.15) is 16.7 Å². The Labute approximate surface area is 303 Å². The monoisotopic (exact) mass is 731 g/mol. The fourth-order valence-corrected chi connectivity index (χ4v) is 3.67. The number of nitro groups is 2. The van der Waals surface area contributed by atoms with Gasteiger partial charge in [-0.05, 0) is 110 Å². The van der Waals surface area contributed by atoms with Gasteiger partial charge in [0.15, 0.2) is 0 Å². The first-order valence-corrected chi connectivity index (χ1v) is 15.1. The molecule has 0 heterocycles. The van der Waals surface area contributed by atoms with Gasteiger partial charge in [0.25, 0.3) is 11.4 Å². The normalized spacial score (nSPS) is 9.84. The fraction of sp³-hybridized carbons (Fsp3) is 0.455. The lowest BCUT2D eigenvalue weighted by Crippen LogP contribution is -2.21. The van der Waals surface area contributed by atoms with Gasteiger partial charge >= 0.3 is 0 Å². The van der Waals surface area contributed by atoms with Crippen molar-refractivity contribution < 1.29 is 14.2 Å². The molecule has 49 heavy (non-hydrogen) atoms. The zero-order valence-corrected chi connectivity index (χ0v) is 31.8. The quantitative estimate of drug-likeness (QED) is 0.100. The number of hydrogen-bond acceptors (Lipinski definition) is 11. The molecule has 0 spiro atoms. The summed E-state index contributed by atoms with van der Waals surface area (Å²) in [7, 11) is 12.2. The molecule has 0 aliphatic rings. The van der Waals surface area contributed by atoms with Gasteiger partial charge in [-0.2, -0.15) is 0 Å². The Hall–Kier alpha value is -3.79. The number of non-ortho nitro benzene ring substituents is 2. The molecule has 0 aliphatic carbocycles. The van der Waals surface area contributed by atoms with Gasteiger partial charge in [-0.15, -0.1) is 24.8 Å². The number of benzene rings is 3. The van der Waals surface area contributed by atoms with E-state index in [-0.39, 0.29) is 41.1 Å². The number of halogens is 3. The Bertz CT molecular complexity index is 1380. The van der Waals surface area contributed by atoms with E-state index in [2.05, 4.69) is 46.4 Å². The lowest BCUT2D eigenvalue weighted by atomic mass is 10.2. The summed E-state index contributed by atoms with van der Waals surface area (Å²) >= 11 is 0. The highest BCUT2D eigenvalue weighted by atomic mass is 35.5. The van der Waals surface area contributed by atoms with Crippen LogP contribution in [-0.4, -0.2) is 106 Å². The summed E-state index contributed by atoms with van der Waals surface area (Å²) in [5, 5.41) is 27.3. The van der Waals surface area contributed by atoms with E-state index in [4.69, 9.17) is 11.5 Å². The molecule has 278 valence electrons. The maximum atomic E-state index is 12.5. The van der Waals surface area contributed by atoms with Gasteiger partial charge in [0.1, 0.15) is 5.82 Å². The maximum Gasteiger partial charge on any atom is 0.269 e. The Morgan fingerprint density at radius 3 is 1.37 bits per heavy atom. The maximum absolute atomic E-state index is 12.5. The highest BCUT2D eigenvalue weighted by Crippen LogP contribution is 2.21. The van der Waals surface area contributed by atoms with Gasteiger partial charge < -0.3 is 36.8 Å². The summed E-state index contributed by atoms with van der Waals surface area (Å²) in [5.74, 6) is -0.421. The summed E-state index contributed by atoms with van der Waals surface area (Å²) < 4.78 is 12.5. The van der Waals surface area contributed by atoms with E-state index in [0.717, 1.165) is 68.3 Å². The molecule has 0 amide bonds. The molecule has 3 rings (SSSR count). The van der Waals surface area contributed by atoms with Gasteiger partial charge in [0.05, 0.1) is 9.85 Å². The topological polar surface area (TPSA) is 172 Å². The average molecular weight is 733 g/mol. The first kappa shape index (κ1) is 49.6. The van der Waals surface area contributed by atoms with Crippen LogP contribution in [0.15, 0.2) is 54.6 Å². The molecule has 0 aromatic heterocycles. The molecule has 16 heteroatoms. The second kappa shape index (κ2) is 27.1. The largest absolute Gasteiger partial charge is 0.399 e. The molecule has 13 nitrogen and oxygen atoms in total. The number of rotatable bonds is 12. The number of nitro benzene ring substituents is 2. The van der Waals surface area contributed by atoms with Crippen LogP contribution in [0.25, 0.3) is 0 Å². The molecule has 0 unspecified atom stereocenters. The Kier molecular flexibility index (Phi) is 27.4. The number of anilines is 3. The minimum Gasteiger partial charge on any atom is -0.399 e. The van der Waals surface area contributed by atoms with E-state index in [9.17, 15) is 24.6 Å². The standard InChI is InChI=1S/C11H17N3O2.C11H19N3.C7H6FNO2.C4H12N2.2ClH/c1-9-8-10(14(15)16)4-5-11(9)12-6-7-13(2)3;1-9-8-10(12)4-5-11(9)13-6-7-14(2)3;1-5-4-6(9(10)11)2-3-7(5)8;1-6(2)4-3-5;;/h4-5,8,12H,6-7H2,1-3H3;4-5,8,13H,6-7,12H2,1-3H3;2-4H,1H3;3-5H2,1-2H3;2*1H. The number of nitrogens with zero attached hydrogens (tertiary/aromatic N) is 5. The fourth-order valence-electron chi connectivity index (χ4n) is 3.67. The second-order valence-corrected chi connectivity index (χ2v) is 11.6. The number of hydrogen-bond donors (Lipinski definition) is 4. The molecule has 0 saturated heterocycles. The molecular formula is C33H56Cl2FN9O4. The van der Waals surface area contributed by atoms with Gasteiger partial charge in [-0.3, -0.25) is 20.2 Å². The smallest absolute Gasteiger partial charge is 0.269 e. The minimum absolute atomic E-state index is 0. The van der Waals surface area contributed by atoms with Crippen molar-refractivity contribution in [2.24, 2.45) is 5.73 Å². The molecular weight excluding hydrogens is 676 g/mol. The van der Waals surface area contributed by atoms with E-state index >= 15 is 0 Å². The van der Waals surface area contributed by atoms with Crippen molar-refractivity contribution in [3.63, 3.8) is 0 Å². The molecule has 0 bridgehead atoms. The third-order valence-electron chi connectivity index (χ3n) is 6.35. The van der Waals surface area contributed by atoms with Crippen molar-refractivity contribution in [1.29, 1.82) is 0 Å². The minimum atomic E-state index is -0.549. The summed E-state index contributed by atoms with van der Waals surface area (Å²) in [6.45, 7) is 10.9. The van der Waals surface area contributed by atoms with Crippen molar-refractivity contribution in [1.82, 2.24) is 14.7 Å². The SMILES string of the molecule is CN(C)CCN.Cc1cc(N)ccc1NCCN(C)C.Cc1cc([N+](=O)[O-])ccc1F.Cc1cc([N+](=O)[O-])ccc1NCCN(C)C.Cl.Cl. The van der Waals surface area contributed by atoms with Gasteiger partial charge in [-0.1, -0.05) is 0 Å². The van der Waals surface area contributed by atoms with Crippen LogP contribution in [0.5, 0.6) is 0 Å². The van der Waals surface area contributed by atoms with Crippen molar-refractivity contribution in [2.45, 2.75) is 20.8 Å². The lowest BCUT2D eigenvalue weighted by Gasteiger charge is -2.13. The van der Waals surface area contributed by atoms with Crippen molar-refractivity contribution >= 4 is 53.3 Å². The molecule has 0 fully saturated rings. The van der Waals surface area contributed by atoms with Crippen LogP contribution in [0.4, 0.5) is 32.8 Å². The van der Waals surface area contributed by atoms with E-state index < -0.39 is 10.7 Å². The number of nitrogen functional groups attached to an aromatic ring is 1. The number of likely N-dealkylation sites (N-methyl/N-ethyl adjacent to an activating group) is 3. The molecule has 3 aromatic rings. The molecule has 3 aromatic carbocycles. The summed E-state index contributed by atoms with van der Waals surface area (Å²) in [6, 6.07) is 14.2.